The van der Waals surface area contributed by atoms with Crippen LogP contribution in [0.25, 0.3) is 0 Å². The van der Waals surface area contributed by atoms with E-state index in [9.17, 15) is 4.79 Å². The van der Waals surface area contributed by atoms with Crippen LogP contribution in [0, 0.1) is 0 Å². The molecular weight excluding hydrogens is 236 g/mol. The number of amides is 1. The van der Waals surface area contributed by atoms with E-state index in [1.807, 2.05) is 38.1 Å². The Kier molecular flexibility index (Phi) is 4.97. The van der Waals surface area contributed by atoms with Gasteiger partial charge in [0.1, 0.15) is 0 Å². The van der Waals surface area contributed by atoms with Gasteiger partial charge in [0.25, 0.3) is 0 Å². The van der Waals surface area contributed by atoms with Crippen molar-refractivity contribution in [3.8, 4) is 0 Å². The van der Waals surface area contributed by atoms with E-state index in [2.05, 4.69) is 5.32 Å². The molecule has 0 radical (unpaired) electrons. The lowest BCUT2D eigenvalue weighted by atomic mass is 10.1. The van der Waals surface area contributed by atoms with Crippen molar-refractivity contribution in [2.75, 3.05) is 14.1 Å². The second kappa shape index (κ2) is 6.03. The number of hydrogen-bond acceptors (Lipinski definition) is 2. The summed E-state index contributed by atoms with van der Waals surface area (Å²) in [4.78, 5) is 13.3. The van der Waals surface area contributed by atoms with E-state index in [0.717, 1.165) is 10.6 Å². The van der Waals surface area contributed by atoms with E-state index in [0.29, 0.717) is 0 Å². The van der Waals surface area contributed by atoms with Crippen molar-refractivity contribution >= 4 is 17.5 Å². The minimum Gasteiger partial charge on any atom is -0.347 e. The fourth-order valence-electron chi connectivity index (χ4n) is 1.68. The molecule has 1 rings (SSSR count). The van der Waals surface area contributed by atoms with Gasteiger partial charge < -0.3 is 4.90 Å². The van der Waals surface area contributed by atoms with E-state index in [1.54, 1.807) is 19.0 Å². The molecule has 0 aliphatic rings. The molecular formula is C13H19ClN2O. The number of nitrogens with one attached hydrogen (secondary N) is 1. The highest BCUT2D eigenvalue weighted by Crippen LogP contribution is 2.16. The summed E-state index contributed by atoms with van der Waals surface area (Å²) in [7, 11) is 3.51. The second-order valence-corrected chi connectivity index (χ2v) is 4.83. The van der Waals surface area contributed by atoms with Crippen molar-refractivity contribution < 1.29 is 4.79 Å². The number of carbonyl (C=O) groups excluding carboxylic acids is 1. The van der Waals surface area contributed by atoms with Gasteiger partial charge in [-0.15, -0.1) is 0 Å². The molecule has 0 saturated heterocycles. The van der Waals surface area contributed by atoms with Gasteiger partial charge in [-0.1, -0.05) is 23.7 Å². The number of likely N-dealkylation sites (N-methyl/N-ethyl adjacent to an activating group) is 1. The summed E-state index contributed by atoms with van der Waals surface area (Å²) >= 11 is 5.83. The first-order valence-corrected chi connectivity index (χ1v) is 6.02. The van der Waals surface area contributed by atoms with Crippen molar-refractivity contribution in [1.82, 2.24) is 10.2 Å². The summed E-state index contributed by atoms with van der Waals surface area (Å²) < 4.78 is 0. The normalized spacial score (nSPS) is 14.2. The quantitative estimate of drug-likeness (QED) is 0.895. The molecule has 0 aliphatic heterocycles. The second-order valence-electron chi connectivity index (χ2n) is 4.39. The van der Waals surface area contributed by atoms with E-state index in [-0.39, 0.29) is 18.0 Å². The number of carbonyl (C=O) groups is 1. The molecule has 2 unspecified atom stereocenters. The molecule has 1 aromatic carbocycles. The highest BCUT2D eigenvalue weighted by Gasteiger charge is 2.17. The van der Waals surface area contributed by atoms with Gasteiger partial charge in [0.05, 0.1) is 6.04 Å². The topological polar surface area (TPSA) is 32.3 Å². The SMILES string of the molecule is CC(NC(C)c1ccc(Cl)cc1)C(=O)N(C)C. The van der Waals surface area contributed by atoms with Gasteiger partial charge in [0.15, 0.2) is 0 Å². The molecule has 1 aromatic rings. The molecule has 0 saturated carbocycles. The molecule has 1 N–H and O–H groups in total. The zero-order valence-electron chi connectivity index (χ0n) is 10.7. The summed E-state index contributed by atoms with van der Waals surface area (Å²) in [6.45, 7) is 3.90. The average Bonchev–Trinajstić information content (AvgIpc) is 2.28. The van der Waals surface area contributed by atoms with E-state index < -0.39 is 0 Å². The lowest BCUT2D eigenvalue weighted by Crippen LogP contribution is -2.42. The van der Waals surface area contributed by atoms with Crippen LogP contribution in [0.2, 0.25) is 5.02 Å². The third kappa shape index (κ3) is 4.02. The first-order chi connectivity index (χ1) is 7.91. The highest BCUT2D eigenvalue weighted by molar-refractivity contribution is 6.30. The van der Waals surface area contributed by atoms with E-state index in [1.165, 1.54) is 0 Å². The summed E-state index contributed by atoms with van der Waals surface area (Å²) in [5, 5.41) is 3.98. The minimum atomic E-state index is -0.198. The maximum Gasteiger partial charge on any atom is 0.238 e. The fraction of sp³-hybridized carbons (Fsp3) is 0.462. The van der Waals surface area contributed by atoms with Gasteiger partial charge in [0.2, 0.25) is 5.91 Å². The van der Waals surface area contributed by atoms with Crippen LogP contribution in [-0.2, 0) is 4.79 Å². The van der Waals surface area contributed by atoms with Gasteiger partial charge in [-0.05, 0) is 31.5 Å². The highest BCUT2D eigenvalue weighted by atomic mass is 35.5. The summed E-state index contributed by atoms with van der Waals surface area (Å²) in [6.07, 6.45) is 0. The number of hydrogen-bond donors (Lipinski definition) is 1. The molecule has 2 atom stereocenters. The Morgan fingerprint density at radius 1 is 1.24 bits per heavy atom. The molecule has 94 valence electrons. The maximum absolute atomic E-state index is 11.7. The van der Waals surface area contributed by atoms with Crippen molar-refractivity contribution in [3.63, 3.8) is 0 Å². The predicted molar refractivity (Wildman–Crippen MR) is 71.2 cm³/mol. The Labute approximate surface area is 108 Å². The number of rotatable bonds is 4. The molecule has 0 heterocycles. The molecule has 0 fully saturated rings. The van der Waals surface area contributed by atoms with Crippen LogP contribution in [-0.4, -0.2) is 30.9 Å². The number of halogens is 1. The molecule has 3 nitrogen and oxygen atoms in total. The standard InChI is InChI=1S/C13H19ClN2O/c1-9(11-5-7-12(14)8-6-11)15-10(2)13(17)16(3)4/h5-10,15H,1-4H3. The summed E-state index contributed by atoms with van der Waals surface area (Å²) in [5.41, 5.74) is 1.12. The van der Waals surface area contributed by atoms with Gasteiger partial charge in [-0.3, -0.25) is 10.1 Å². The van der Waals surface area contributed by atoms with Crippen LogP contribution < -0.4 is 5.32 Å². The number of nitrogens with zero attached hydrogens (tertiary/aromatic N) is 1. The molecule has 4 heteroatoms. The lowest BCUT2D eigenvalue weighted by Gasteiger charge is -2.22. The zero-order valence-corrected chi connectivity index (χ0v) is 11.5. The minimum absolute atomic E-state index is 0.0748. The fourth-order valence-corrected chi connectivity index (χ4v) is 1.81. The Balaban J connectivity index is 2.63. The monoisotopic (exact) mass is 254 g/mol. The van der Waals surface area contributed by atoms with Crippen LogP contribution in [0.5, 0.6) is 0 Å². The van der Waals surface area contributed by atoms with Crippen LogP contribution >= 0.6 is 11.6 Å². The van der Waals surface area contributed by atoms with Gasteiger partial charge in [0, 0.05) is 25.2 Å². The number of benzene rings is 1. The first kappa shape index (κ1) is 14.0. The van der Waals surface area contributed by atoms with Crippen LogP contribution in [0.3, 0.4) is 0 Å². The van der Waals surface area contributed by atoms with Crippen LogP contribution in [0.15, 0.2) is 24.3 Å². The molecule has 0 aromatic heterocycles. The first-order valence-electron chi connectivity index (χ1n) is 5.64. The lowest BCUT2D eigenvalue weighted by molar-refractivity contribution is -0.130. The van der Waals surface area contributed by atoms with Crippen molar-refractivity contribution in [3.05, 3.63) is 34.9 Å². The van der Waals surface area contributed by atoms with E-state index >= 15 is 0 Å². The van der Waals surface area contributed by atoms with Gasteiger partial charge in [-0.25, -0.2) is 0 Å². The van der Waals surface area contributed by atoms with Crippen LogP contribution in [0.1, 0.15) is 25.5 Å². The Hall–Kier alpha value is -1.06. The molecule has 0 spiro atoms. The molecule has 0 bridgehead atoms. The average molecular weight is 255 g/mol. The summed E-state index contributed by atoms with van der Waals surface area (Å²) in [6, 6.07) is 7.56. The maximum atomic E-state index is 11.7. The smallest absolute Gasteiger partial charge is 0.238 e. The predicted octanol–water partition coefficient (Wildman–Crippen LogP) is 2.47. The third-order valence-corrected chi connectivity index (χ3v) is 2.93. The Bertz CT molecular complexity index is 376. The Morgan fingerprint density at radius 3 is 2.24 bits per heavy atom. The van der Waals surface area contributed by atoms with Gasteiger partial charge >= 0.3 is 0 Å². The summed E-state index contributed by atoms with van der Waals surface area (Å²) in [5.74, 6) is 0.0748. The van der Waals surface area contributed by atoms with Crippen LogP contribution in [0.4, 0.5) is 0 Å². The zero-order chi connectivity index (χ0) is 13.0. The van der Waals surface area contributed by atoms with E-state index in [4.69, 9.17) is 11.6 Å². The van der Waals surface area contributed by atoms with Gasteiger partial charge in [-0.2, -0.15) is 0 Å². The van der Waals surface area contributed by atoms with Crippen molar-refractivity contribution in [2.24, 2.45) is 0 Å². The molecule has 17 heavy (non-hydrogen) atoms. The molecule has 0 aliphatic carbocycles. The van der Waals surface area contributed by atoms with Crippen molar-refractivity contribution in [1.29, 1.82) is 0 Å². The molecule has 1 amide bonds. The largest absolute Gasteiger partial charge is 0.347 e. The Morgan fingerprint density at radius 2 is 1.76 bits per heavy atom. The third-order valence-electron chi connectivity index (χ3n) is 2.68. The van der Waals surface area contributed by atoms with Crippen molar-refractivity contribution in [2.45, 2.75) is 25.9 Å².